The first-order valence-electron chi connectivity index (χ1n) is 14.1. The van der Waals surface area contributed by atoms with Gasteiger partial charge in [-0.3, -0.25) is 0 Å². The van der Waals surface area contributed by atoms with Crippen molar-refractivity contribution in [2.75, 3.05) is 0 Å². The van der Waals surface area contributed by atoms with Gasteiger partial charge in [-0.15, -0.1) is 10.2 Å². The van der Waals surface area contributed by atoms with E-state index in [1.807, 2.05) is 6.07 Å². The number of aromatic nitrogens is 3. The van der Waals surface area contributed by atoms with Crippen LogP contribution in [-0.2, 0) is 0 Å². The molecule has 0 fully saturated rings. The van der Waals surface area contributed by atoms with Crippen molar-refractivity contribution >= 4 is 0 Å². The monoisotopic (exact) mass is 537 g/mol. The molecule has 3 nitrogen and oxygen atoms in total. The summed E-state index contributed by atoms with van der Waals surface area (Å²) in [6.45, 7) is 0. The van der Waals surface area contributed by atoms with E-state index >= 15 is 0 Å². The highest BCUT2D eigenvalue weighted by atomic mass is 15.3. The highest BCUT2D eigenvalue weighted by Gasteiger charge is 2.25. The smallest absolute Gasteiger partial charge is 0.0976 e. The van der Waals surface area contributed by atoms with Crippen molar-refractivity contribution in [2.45, 2.75) is 0 Å². The third kappa shape index (κ3) is 4.78. The molecule has 1 heterocycles. The van der Waals surface area contributed by atoms with Crippen LogP contribution in [0.2, 0.25) is 0 Å². The lowest BCUT2D eigenvalue weighted by Gasteiger charge is -2.24. The Morgan fingerprint density at radius 3 is 1.36 bits per heavy atom. The molecule has 0 amide bonds. The summed E-state index contributed by atoms with van der Waals surface area (Å²) < 4.78 is 0. The Balaban J connectivity index is 1.69. The van der Waals surface area contributed by atoms with Gasteiger partial charge < -0.3 is 0 Å². The summed E-state index contributed by atoms with van der Waals surface area (Å²) in [6, 6.07) is 55.4. The molecular formula is C39H27N3. The molecule has 0 bridgehead atoms. The third-order valence-electron chi connectivity index (χ3n) is 7.60. The van der Waals surface area contributed by atoms with Gasteiger partial charge >= 0.3 is 0 Å². The van der Waals surface area contributed by atoms with Crippen molar-refractivity contribution in [1.29, 1.82) is 0 Å². The Kier molecular flexibility index (Phi) is 6.89. The summed E-state index contributed by atoms with van der Waals surface area (Å²) in [4.78, 5) is 0. The van der Waals surface area contributed by atoms with Crippen molar-refractivity contribution in [1.82, 2.24) is 15.4 Å². The Morgan fingerprint density at radius 2 is 0.810 bits per heavy atom. The Hall–Kier alpha value is -5.67. The van der Waals surface area contributed by atoms with Gasteiger partial charge in [-0.05, 0) is 67.4 Å². The third-order valence-corrected chi connectivity index (χ3v) is 7.60. The predicted molar refractivity (Wildman–Crippen MR) is 172 cm³/mol. The van der Waals surface area contributed by atoms with Gasteiger partial charge in [0.05, 0.1) is 11.9 Å². The lowest BCUT2D eigenvalue weighted by molar-refractivity contribution is 0.871. The van der Waals surface area contributed by atoms with Crippen molar-refractivity contribution in [3.8, 4) is 66.9 Å². The van der Waals surface area contributed by atoms with Crippen LogP contribution in [0.25, 0.3) is 66.9 Å². The first-order valence-corrected chi connectivity index (χ1v) is 14.1. The fraction of sp³-hybridized carbons (Fsp3) is 0. The van der Waals surface area contributed by atoms with Gasteiger partial charge in [-0.25, -0.2) is 0 Å². The maximum atomic E-state index is 4.56. The van der Waals surface area contributed by atoms with Crippen molar-refractivity contribution < 1.29 is 0 Å². The second kappa shape index (κ2) is 11.4. The highest BCUT2D eigenvalue weighted by molar-refractivity contribution is 6.08. The lowest BCUT2D eigenvalue weighted by Crippen LogP contribution is -2.00. The van der Waals surface area contributed by atoms with E-state index in [-0.39, 0.29) is 0 Å². The normalized spacial score (nSPS) is 10.9. The van der Waals surface area contributed by atoms with E-state index in [0.29, 0.717) is 0 Å². The van der Waals surface area contributed by atoms with Crippen molar-refractivity contribution in [2.24, 2.45) is 0 Å². The first-order chi connectivity index (χ1) is 20.9. The zero-order chi connectivity index (χ0) is 28.1. The van der Waals surface area contributed by atoms with Crippen LogP contribution >= 0.6 is 0 Å². The van der Waals surface area contributed by atoms with E-state index in [0.717, 1.165) is 50.2 Å². The number of benzene rings is 6. The topological polar surface area (TPSA) is 38.7 Å². The lowest BCUT2D eigenvalue weighted by atomic mass is 9.79. The molecule has 6 aromatic carbocycles. The van der Waals surface area contributed by atoms with Crippen molar-refractivity contribution in [3.63, 3.8) is 0 Å². The number of hydrogen-bond acceptors (Lipinski definition) is 3. The van der Waals surface area contributed by atoms with Gasteiger partial charge in [0.15, 0.2) is 0 Å². The first kappa shape index (κ1) is 25.3. The van der Waals surface area contributed by atoms with Gasteiger partial charge in [-0.1, -0.05) is 146 Å². The maximum Gasteiger partial charge on any atom is 0.0976 e. The molecule has 198 valence electrons. The van der Waals surface area contributed by atoms with Crippen LogP contribution in [0.15, 0.2) is 164 Å². The minimum absolute atomic E-state index is 0.780. The average molecular weight is 538 g/mol. The van der Waals surface area contributed by atoms with Gasteiger partial charge in [0.1, 0.15) is 0 Å². The molecule has 7 aromatic rings. The summed E-state index contributed by atoms with van der Waals surface area (Å²) in [5.41, 5.74) is 13.2. The molecule has 0 spiro atoms. The molecule has 0 radical (unpaired) electrons. The molecule has 0 atom stereocenters. The largest absolute Gasteiger partial charge is 0.139 e. The fourth-order valence-corrected chi connectivity index (χ4v) is 5.77. The zero-order valence-electron chi connectivity index (χ0n) is 22.9. The van der Waals surface area contributed by atoms with Crippen LogP contribution in [0, 0.1) is 0 Å². The van der Waals surface area contributed by atoms with Crippen LogP contribution in [0.1, 0.15) is 0 Å². The quantitative estimate of drug-likeness (QED) is 0.212. The summed E-state index contributed by atoms with van der Waals surface area (Å²) in [6.07, 6.45) is 1.71. The SMILES string of the molecule is c1ccc(-c2ccccc2-c2cc(-c3ccccc3)c(-c3ccnnn3)c(-c3ccccc3)c2-c2ccccc2)cc1. The van der Waals surface area contributed by atoms with E-state index in [1.54, 1.807) is 6.20 Å². The molecular weight excluding hydrogens is 510 g/mol. The van der Waals surface area contributed by atoms with Crippen LogP contribution in [0.3, 0.4) is 0 Å². The molecule has 0 aliphatic heterocycles. The molecule has 0 aliphatic rings. The molecule has 0 aliphatic carbocycles. The average Bonchev–Trinajstić information content (AvgIpc) is 3.09. The Bertz CT molecular complexity index is 1940. The van der Waals surface area contributed by atoms with Crippen LogP contribution < -0.4 is 0 Å². The van der Waals surface area contributed by atoms with E-state index in [2.05, 4.69) is 167 Å². The van der Waals surface area contributed by atoms with Gasteiger partial charge in [0, 0.05) is 11.1 Å². The molecule has 42 heavy (non-hydrogen) atoms. The van der Waals surface area contributed by atoms with Crippen molar-refractivity contribution in [3.05, 3.63) is 164 Å². The van der Waals surface area contributed by atoms with Gasteiger partial charge in [0.25, 0.3) is 0 Å². The molecule has 0 saturated heterocycles. The summed E-state index contributed by atoms with van der Waals surface area (Å²) in [5.74, 6) is 0. The van der Waals surface area contributed by atoms with E-state index in [9.17, 15) is 0 Å². The zero-order valence-corrected chi connectivity index (χ0v) is 22.9. The highest BCUT2D eigenvalue weighted by Crippen LogP contribution is 2.50. The van der Waals surface area contributed by atoms with Gasteiger partial charge in [-0.2, -0.15) is 0 Å². The molecule has 7 rings (SSSR count). The summed E-state index contributed by atoms with van der Waals surface area (Å²) in [5, 5.41) is 12.6. The standard InChI is InChI=1S/C39H27N3/c1-5-15-28(16-6-1)32-23-13-14-24-33(32)35-27-34(29-17-7-2-8-18-29)39(36-25-26-40-42-41-36)38(31-21-11-4-12-22-31)37(35)30-19-9-3-10-20-30/h1-27H. The minimum atomic E-state index is 0.780. The predicted octanol–water partition coefficient (Wildman–Crippen LogP) is 9.87. The molecule has 0 unspecified atom stereocenters. The fourth-order valence-electron chi connectivity index (χ4n) is 5.77. The molecule has 1 aromatic heterocycles. The van der Waals surface area contributed by atoms with Crippen LogP contribution in [0.5, 0.6) is 0 Å². The number of nitrogens with zero attached hydrogens (tertiary/aromatic N) is 3. The molecule has 3 heteroatoms. The van der Waals surface area contributed by atoms with E-state index < -0.39 is 0 Å². The number of hydrogen-bond donors (Lipinski definition) is 0. The summed E-state index contributed by atoms with van der Waals surface area (Å²) in [7, 11) is 0. The van der Waals surface area contributed by atoms with E-state index in [4.69, 9.17) is 0 Å². The Morgan fingerprint density at radius 1 is 0.333 bits per heavy atom. The Labute approximate surface area is 245 Å². The minimum Gasteiger partial charge on any atom is -0.139 e. The summed E-state index contributed by atoms with van der Waals surface area (Å²) >= 11 is 0. The molecule has 0 N–H and O–H groups in total. The number of rotatable bonds is 6. The van der Waals surface area contributed by atoms with E-state index in [1.165, 1.54) is 16.7 Å². The molecule has 0 saturated carbocycles. The van der Waals surface area contributed by atoms with Crippen LogP contribution in [0.4, 0.5) is 0 Å². The second-order valence-electron chi connectivity index (χ2n) is 10.1. The second-order valence-corrected chi connectivity index (χ2v) is 10.1. The van der Waals surface area contributed by atoms with Gasteiger partial charge in [0.2, 0.25) is 0 Å². The van der Waals surface area contributed by atoms with Crippen LogP contribution in [-0.4, -0.2) is 15.4 Å². The maximum absolute atomic E-state index is 4.56.